The van der Waals surface area contributed by atoms with Gasteiger partial charge in [-0.15, -0.1) is 0 Å². The molecule has 18 heavy (non-hydrogen) atoms. The van der Waals surface area contributed by atoms with Crippen LogP contribution in [-0.4, -0.2) is 11.9 Å². The van der Waals surface area contributed by atoms with Crippen molar-refractivity contribution >= 4 is 39.1 Å². The Balaban J connectivity index is 2.00. The molecule has 3 nitrogen and oxygen atoms in total. The number of halogens is 2. The van der Waals surface area contributed by atoms with E-state index in [2.05, 4.69) is 21.2 Å². The van der Waals surface area contributed by atoms with Crippen LogP contribution in [0.25, 0.3) is 0 Å². The molecule has 0 aromatic heterocycles. The average Bonchev–Trinajstić information content (AvgIpc) is 2.34. The summed E-state index contributed by atoms with van der Waals surface area (Å²) in [6.07, 6.45) is 3.76. The minimum atomic E-state index is 0.0307. The van der Waals surface area contributed by atoms with E-state index in [0.29, 0.717) is 5.02 Å². The van der Waals surface area contributed by atoms with Gasteiger partial charge in [-0.25, -0.2) is 0 Å². The first kappa shape index (κ1) is 13.8. The Hall–Kier alpha value is -0.580. The topological polar surface area (TPSA) is 55.1 Å². The third-order valence-corrected chi connectivity index (χ3v) is 4.49. The van der Waals surface area contributed by atoms with Gasteiger partial charge < -0.3 is 11.1 Å². The Morgan fingerprint density at radius 3 is 2.89 bits per heavy atom. The minimum absolute atomic E-state index is 0.0307. The van der Waals surface area contributed by atoms with Gasteiger partial charge in [0, 0.05) is 22.1 Å². The minimum Gasteiger partial charge on any atom is -0.328 e. The van der Waals surface area contributed by atoms with Gasteiger partial charge in [0.05, 0.1) is 5.02 Å². The van der Waals surface area contributed by atoms with E-state index in [1.807, 2.05) is 6.07 Å². The number of carbonyl (C=O) groups is 1. The van der Waals surface area contributed by atoms with Gasteiger partial charge in [-0.05, 0) is 53.4 Å². The Morgan fingerprint density at radius 2 is 2.22 bits per heavy atom. The lowest BCUT2D eigenvalue weighted by Gasteiger charge is -2.25. The second-order valence-corrected chi connectivity index (χ2v) is 6.00. The fourth-order valence-electron chi connectivity index (χ4n) is 2.28. The van der Waals surface area contributed by atoms with Crippen molar-refractivity contribution in [1.82, 2.24) is 0 Å². The molecule has 1 aliphatic carbocycles. The number of anilines is 1. The zero-order chi connectivity index (χ0) is 13.1. The highest BCUT2D eigenvalue weighted by Gasteiger charge is 2.25. The van der Waals surface area contributed by atoms with E-state index >= 15 is 0 Å². The molecule has 2 unspecified atom stereocenters. The van der Waals surface area contributed by atoms with Gasteiger partial charge in [-0.2, -0.15) is 0 Å². The fraction of sp³-hybridized carbons (Fsp3) is 0.462. The molecule has 0 saturated heterocycles. The molecule has 3 N–H and O–H groups in total. The van der Waals surface area contributed by atoms with Crippen LogP contribution in [0.3, 0.4) is 0 Å². The van der Waals surface area contributed by atoms with Crippen LogP contribution >= 0.6 is 27.5 Å². The summed E-state index contributed by atoms with van der Waals surface area (Å²) in [7, 11) is 0. The highest BCUT2D eigenvalue weighted by Crippen LogP contribution is 2.28. The second kappa shape index (κ2) is 6.04. The highest BCUT2D eigenvalue weighted by molar-refractivity contribution is 9.10. The Kier molecular flexibility index (Phi) is 4.65. The Labute approximate surface area is 120 Å². The highest BCUT2D eigenvalue weighted by atomic mass is 79.9. The molecular weight excluding hydrogens is 316 g/mol. The Morgan fingerprint density at radius 1 is 1.44 bits per heavy atom. The second-order valence-electron chi connectivity index (χ2n) is 4.74. The lowest BCUT2D eigenvalue weighted by Crippen LogP contribution is -2.34. The van der Waals surface area contributed by atoms with E-state index in [9.17, 15) is 4.79 Å². The van der Waals surface area contributed by atoms with Crippen molar-refractivity contribution in [2.75, 3.05) is 5.32 Å². The largest absolute Gasteiger partial charge is 0.328 e. The number of amides is 1. The fourth-order valence-corrected chi connectivity index (χ4v) is 2.78. The monoisotopic (exact) mass is 330 g/mol. The van der Waals surface area contributed by atoms with Crippen LogP contribution in [0, 0.1) is 5.92 Å². The van der Waals surface area contributed by atoms with Crippen LogP contribution in [0.2, 0.25) is 5.02 Å². The lowest BCUT2D eigenvalue weighted by molar-refractivity contribution is -0.120. The van der Waals surface area contributed by atoms with Gasteiger partial charge in [0.25, 0.3) is 0 Å². The molecule has 2 rings (SSSR count). The van der Waals surface area contributed by atoms with Gasteiger partial charge in [0.1, 0.15) is 0 Å². The maximum absolute atomic E-state index is 12.1. The summed E-state index contributed by atoms with van der Waals surface area (Å²) in [5.41, 5.74) is 6.65. The van der Waals surface area contributed by atoms with Crippen molar-refractivity contribution < 1.29 is 4.79 Å². The van der Waals surface area contributed by atoms with Crippen molar-refractivity contribution in [2.24, 2.45) is 11.7 Å². The maximum atomic E-state index is 12.1. The molecule has 1 saturated carbocycles. The summed E-state index contributed by atoms with van der Waals surface area (Å²) in [6.45, 7) is 0. The number of benzene rings is 1. The van der Waals surface area contributed by atoms with Crippen molar-refractivity contribution in [3.63, 3.8) is 0 Å². The van der Waals surface area contributed by atoms with Crippen LogP contribution < -0.4 is 11.1 Å². The predicted molar refractivity (Wildman–Crippen MR) is 77.7 cm³/mol. The number of nitrogens with two attached hydrogens (primary N) is 1. The molecule has 0 bridgehead atoms. The number of nitrogens with one attached hydrogen (secondary N) is 1. The summed E-state index contributed by atoms with van der Waals surface area (Å²) < 4.78 is 0.780. The van der Waals surface area contributed by atoms with Crippen molar-refractivity contribution in [2.45, 2.75) is 31.7 Å². The molecule has 0 spiro atoms. The zero-order valence-electron chi connectivity index (χ0n) is 9.96. The number of rotatable bonds is 2. The van der Waals surface area contributed by atoms with Gasteiger partial charge >= 0.3 is 0 Å². The zero-order valence-corrected chi connectivity index (χ0v) is 12.3. The molecule has 0 aliphatic heterocycles. The van der Waals surface area contributed by atoms with Gasteiger partial charge in [-0.1, -0.05) is 18.0 Å². The summed E-state index contributed by atoms with van der Waals surface area (Å²) in [4.78, 5) is 12.1. The summed E-state index contributed by atoms with van der Waals surface area (Å²) in [5.74, 6) is 0.0857. The Bertz CT molecular complexity index is 453. The molecule has 0 radical (unpaired) electrons. The summed E-state index contributed by atoms with van der Waals surface area (Å²) in [5, 5.41) is 3.55. The molecule has 1 aromatic rings. The van der Waals surface area contributed by atoms with Crippen molar-refractivity contribution in [3.8, 4) is 0 Å². The van der Waals surface area contributed by atoms with Gasteiger partial charge in [-0.3, -0.25) is 4.79 Å². The average molecular weight is 332 g/mol. The lowest BCUT2D eigenvalue weighted by atomic mass is 9.85. The molecule has 98 valence electrons. The summed E-state index contributed by atoms with van der Waals surface area (Å²) >= 11 is 9.25. The molecular formula is C13H16BrClN2O. The predicted octanol–water partition coefficient (Wildman–Crippen LogP) is 3.56. The number of hydrogen-bond donors (Lipinski definition) is 2. The molecule has 1 fully saturated rings. The smallest absolute Gasteiger partial charge is 0.227 e. The SMILES string of the molecule is NC1CCCC(C(=O)Nc2ccc(Cl)c(Br)c2)C1. The number of hydrogen-bond acceptors (Lipinski definition) is 2. The normalized spacial score (nSPS) is 23.7. The van der Waals surface area contributed by atoms with E-state index in [1.54, 1.807) is 12.1 Å². The van der Waals surface area contributed by atoms with Crippen molar-refractivity contribution in [3.05, 3.63) is 27.7 Å². The maximum Gasteiger partial charge on any atom is 0.227 e. The molecule has 5 heteroatoms. The molecule has 1 aromatic carbocycles. The van der Waals surface area contributed by atoms with Gasteiger partial charge in [0.2, 0.25) is 5.91 Å². The molecule has 2 atom stereocenters. The van der Waals surface area contributed by atoms with Crippen LogP contribution in [0.4, 0.5) is 5.69 Å². The number of carbonyl (C=O) groups excluding carboxylic acids is 1. The molecule has 1 amide bonds. The first-order chi connectivity index (χ1) is 8.56. The van der Waals surface area contributed by atoms with Crippen LogP contribution in [0.15, 0.2) is 22.7 Å². The van der Waals surface area contributed by atoms with Gasteiger partial charge in [0.15, 0.2) is 0 Å². The van der Waals surface area contributed by atoms with E-state index < -0.39 is 0 Å². The summed E-state index contributed by atoms with van der Waals surface area (Å²) in [6, 6.07) is 5.52. The van der Waals surface area contributed by atoms with Crippen molar-refractivity contribution in [1.29, 1.82) is 0 Å². The standard InChI is InChI=1S/C13H16BrClN2O/c14-11-7-10(4-5-12(11)15)17-13(18)8-2-1-3-9(16)6-8/h4-5,7-9H,1-3,6,16H2,(H,17,18). The van der Waals surface area contributed by atoms with Crippen LogP contribution in [0.1, 0.15) is 25.7 Å². The third-order valence-electron chi connectivity index (χ3n) is 3.27. The van der Waals surface area contributed by atoms with E-state index in [-0.39, 0.29) is 17.9 Å². The van der Waals surface area contributed by atoms with E-state index in [1.165, 1.54) is 0 Å². The molecule has 1 aliphatic rings. The third kappa shape index (κ3) is 3.46. The van der Waals surface area contributed by atoms with E-state index in [0.717, 1.165) is 35.8 Å². The van der Waals surface area contributed by atoms with E-state index in [4.69, 9.17) is 17.3 Å². The van der Waals surface area contributed by atoms with Crippen LogP contribution in [0.5, 0.6) is 0 Å². The quantitative estimate of drug-likeness (QED) is 0.870. The first-order valence-corrected chi connectivity index (χ1v) is 7.25. The first-order valence-electron chi connectivity index (χ1n) is 6.08. The molecule has 0 heterocycles. The van der Waals surface area contributed by atoms with Crippen LogP contribution in [-0.2, 0) is 4.79 Å².